The number of hydrogen-bond acceptors (Lipinski definition) is 3. The van der Waals surface area contributed by atoms with E-state index in [-0.39, 0.29) is 10.8 Å². The van der Waals surface area contributed by atoms with Gasteiger partial charge in [0.25, 0.3) is 10.0 Å². The zero-order chi connectivity index (χ0) is 16.9. The van der Waals surface area contributed by atoms with Crippen molar-refractivity contribution >= 4 is 27.3 Å². The molecule has 0 radical (unpaired) electrons. The lowest BCUT2D eigenvalue weighted by Crippen LogP contribution is -2.36. The molecule has 0 aliphatic heterocycles. The van der Waals surface area contributed by atoms with Gasteiger partial charge in [-0.3, -0.25) is 0 Å². The lowest BCUT2D eigenvalue weighted by Gasteiger charge is -2.14. The van der Waals surface area contributed by atoms with Gasteiger partial charge in [0.15, 0.2) is 0 Å². The van der Waals surface area contributed by atoms with Crippen LogP contribution in [0.3, 0.4) is 0 Å². The van der Waals surface area contributed by atoms with E-state index in [1.165, 1.54) is 24.3 Å². The first-order valence-electron chi connectivity index (χ1n) is 7.19. The second-order valence-corrected chi connectivity index (χ2v) is 7.49. The average molecular weight is 351 g/mol. The Labute approximate surface area is 142 Å². The fourth-order valence-electron chi connectivity index (χ4n) is 1.96. The molecular weight excluding hydrogens is 332 g/mol. The van der Waals surface area contributed by atoms with Crippen LogP contribution in [0.1, 0.15) is 19.4 Å². The lowest BCUT2D eigenvalue weighted by atomic mass is 10.1. The van der Waals surface area contributed by atoms with Gasteiger partial charge in [-0.25, -0.2) is 8.42 Å². The maximum absolute atomic E-state index is 12.3. The van der Waals surface area contributed by atoms with Crippen molar-refractivity contribution in [1.82, 2.24) is 10.3 Å². The molecule has 4 nitrogen and oxygen atoms in total. The summed E-state index contributed by atoms with van der Waals surface area (Å²) in [7, 11) is -3.68. The van der Waals surface area contributed by atoms with Crippen LogP contribution in [0.2, 0.25) is 5.02 Å². The van der Waals surface area contributed by atoms with Gasteiger partial charge in [-0.2, -0.15) is 0 Å². The molecule has 0 saturated carbocycles. The maximum atomic E-state index is 12.3. The van der Waals surface area contributed by atoms with Crippen molar-refractivity contribution in [3.63, 3.8) is 0 Å². The highest BCUT2D eigenvalue weighted by atomic mass is 35.5. The Morgan fingerprint density at radius 3 is 2.22 bits per heavy atom. The molecule has 0 aromatic heterocycles. The van der Waals surface area contributed by atoms with E-state index >= 15 is 0 Å². The second kappa shape index (κ2) is 7.64. The quantitative estimate of drug-likeness (QED) is 0.779. The number of hydrazine groups is 1. The predicted molar refractivity (Wildman–Crippen MR) is 94.2 cm³/mol. The smallest absolute Gasteiger partial charge is 0.257 e. The Kier molecular flexibility index (Phi) is 5.82. The number of halogens is 1. The highest BCUT2D eigenvalue weighted by Crippen LogP contribution is 2.16. The van der Waals surface area contributed by atoms with Gasteiger partial charge in [0.05, 0.1) is 10.6 Å². The average Bonchev–Trinajstić information content (AvgIpc) is 2.52. The standard InChI is InChI=1S/C17H19ClN2O2S/c1-13(2)12-17(14-6-4-3-5-7-14)19-20-23(21,22)16-10-8-15(18)9-11-16/h3-13,19-20H,1-2H3. The Morgan fingerprint density at radius 1 is 1.04 bits per heavy atom. The fraction of sp³-hybridized carbons (Fsp3) is 0.176. The third-order valence-corrected chi connectivity index (χ3v) is 4.54. The SMILES string of the molecule is CC(C)C=C(NNS(=O)(=O)c1ccc(Cl)cc1)c1ccccc1. The van der Waals surface area contributed by atoms with E-state index in [2.05, 4.69) is 10.3 Å². The Balaban J connectivity index is 2.20. The van der Waals surface area contributed by atoms with Crippen LogP contribution in [0.15, 0.2) is 65.6 Å². The molecule has 0 atom stereocenters. The molecule has 0 unspecified atom stereocenters. The molecule has 0 amide bonds. The summed E-state index contributed by atoms with van der Waals surface area (Å²) >= 11 is 5.79. The van der Waals surface area contributed by atoms with Gasteiger partial charge in [-0.1, -0.05) is 61.9 Å². The fourth-order valence-corrected chi connectivity index (χ4v) is 2.94. The van der Waals surface area contributed by atoms with Crippen molar-refractivity contribution in [2.75, 3.05) is 0 Å². The largest absolute Gasteiger partial charge is 0.308 e. The van der Waals surface area contributed by atoms with E-state index in [1.807, 2.05) is 50.3 Å². The van der Waals surface area contributed by atoms with Crippen LogP contribution in [-0.4, -0.2) is 8.42 Å². The van der Waals surface area contributed by atoms with Crippen LogP contribution in [0.25, 0.3) is 5.70 Å². The molecule has 23 heavy (non-hydrogen) atoms. The van der Waals surface area contributed by atoms with Crippen molar-refractivity contribution in [3.05, 3.63) is 71.3 Å². The molecule has 2 aromatic carbocycles. The van der Waals surface area contributed by atoms with Crippen molar-refractivity contribution in [3.8, 4) is 0 Å². The monoisotopic (exact) mass is 350 g/mol. The van der Waals surface area contributed by atoms with Crippen molar-refractivity contribution in [2.24, 2.45) is 5.92 Å². The number of nitrogens with one attached hydrogen (secondary N) is 2. The molecule has 0 aliphatic carbocycles. The summed E-state index contributed by atoms with van der Waals surface area (Å²) in [6, 6.07) is 15.5. The normalized spacial score (nSPS) is 12.4. The highest BCUT2D eigenvalue weighted by molar-refractivity contribution is 7.89. The zero-order valence-electron chi connectivity index (χ0n) is 13.0. The molecule has 0 saturated heterocycles. The molecule has 2 aromatic rings. The van der Waals surface area contributed by atoms with Gasteiger partial charge in [0.1, 0.15) is 0 Å². The van der Waals surface area contributed by atoms with Gasteiger partial charge in [0, 0.05) is 5.02 Å². The zero-order valence-corrected chi connectivity index (χ0v) is 14.5. The Morgan fingerprint density at radius 2 is 1.65 bits per heavy atom. The first kappa shape index (κ1) is 17.5. The number of hydrogen-bond donors (Lipinski definition) is 2. The van der Waals surface area contributed by atoms with E-state index in [1.54, 1.807) is 0 Å². The van der Waals surface area contributed by atoms with E-state index in [0.717, 1.165) is 5.56 Å². The molecule has 0 spiro atoms. The molecule has 0 bridgehead atoms. The summed E-state index contributed by atoms with van der Waals surface area (Å²) in [4.78, 5) is 2.55. The molecular formula is C17H19ClN2O2S. The van der Waals surface area contributed by atoms with E-state index in [0.29, 0.717) is 10.7 Å². The second-order valence-electron chi connectivity index (χ2n) is 5.37. The number of rotatable bonds is 6. The van der Waals surface area contributed by atoms with Gasteiger partial charge >= 0.3 is 0 Å². The molecule has 0 aliphatic rings. The van der Waals surface area contributed by atoms with E-state index < -0.39 is 10.0 Å². The molecule has 122 valence electrons. The van der Waals surface area contributed by atoms with Crippen molar-refractivity contribution in [2.45, 2.75) is 18.7 Å². The summed E-state index contributed by atoms with van der Waals surface area (Å²) in [5, 5.41) is 0.488. The summed E-state index contributed by atoms with van der Waals surface area (Å²) in [5.41, 5.74) is 4.42. The van der Waals surface area contributed by atoms with Gasteiger partial charge in [-0.15, -0.1) is 4.83 Å². The van der Waals surface area contributed by atoms with Crippen molar-refractivity contribution < 1.29 is 8.42 Å². The third kappa shape index (κ3) is 5.10. The summed E-state index contributed by atoms with van der Waals surface area (Å²) < 4.78 is 24.6. The van der Waals surface area contributed by atoms with Gasteiger partial charge < -0.3 is 5.43 Å². The number of sulfonamides is 1. The van der Waals surface area contributed by atoms with Crippen LogP contribution >= 0.6 is 11.6 Å². The first-order chi connectivity index (χ1) is 10.9. The molecule has 0 fully saturated rings. The van der Waals surface area contributed by atoms with E-state index in [9.17, 15) is 8.42 Å². The molecule has 6 heteroatoms. The van der Waals surface area contributed by atoms with Crippen LogP contribution < -0.4 is 10.3 Å². The minimum atomic E-state index is -3.68. The summed E-state index contributed by atoms with van der Waals surface area (Å²) in [6.07, 6.45) is 1.96. The molecule has 2 rings (SSSR count). The topological polar surface area (TPSA) is 58.2 Å². The van der Waals surface area contributed by atoms with Crippen LogP contribution in [-0.2, 0) is 10.0 Å². The summed E-state index contributed by atoms with van der Waals surface area (Å²) in [5.74, 6) is 0.262. The van der Waals surface area contributed by atoms with E-state index in [4.69, 9.17) is 11.6 Å². The minimum Gasteiger partial charge on any atom is -0.308 e. The van der Waals surface area contributed by atoms with Crippen LogP contribution in [0, 0.1) is 5.92 Å². The lowest BCUT2D eigenvalue weighted by molar-refractivity contribution is 0.575. The highest BCUT2D eigenvalue weighted by Gasteiger charge is 2.14. The van der Waals surface area contributed by atoms with Gasteiger partial charge in [0.2, 0.25) is 0 Å². The van der Waals surface area contributed by atoms with Crippen LogP contribution in [0.5, 0.6) is 0 Å². The third-order valence-electron chi connectivity index (χ3n) is 3.03. The Hall–Kier alpha value is -1.82. The van der Waals surface area contributed by atoms with Crippen molar-refractivity contribution in [1.29, 1.82) is 0 Å². The minimum absolute atomic E-state index is 0.145. The summed E-state index contributed by atoms with van der Waals surface area (Å²) in [6.45, 7) is 4.05. The van der Waals surface area contributed by atoms with Gasteiger partial charge in [-0.05, 0) is 35.7 Å². The number of benzene rings is 2. The predicted octanol–water partition coefficient (Wildman–Crippen LogP) is 3.82. The Bertz CT molecular complexity index is 770. The molecule has 2 N–H and O–H groups in total. The maximum Gasteiger partial charge on any atom is 0.257 e. The first-order valence-corrected chi connectivity index (χ1v) is 9.05. The van der Waals surface area contributed by atoms with Crippen LogP contribution in [0.4, 0.5) is 0 Å². The number of allylic oxidation sites excluding steroid dienone is 1. The molecule has 0 heterocycles.